The quantitative estimate of drug-likeness (QED) is 0.833. The first kappa shape index (κ1) is 15.3. The van der Waals surface area contributed by atoms with Gasteiger partial charge in [-0.2, -0.15) is 5.10 Å². The van der Waals surface area contributed by atoms with E-state index in [2.05, 4.69) is 47.4 Å². The number of H-pyrrole nitrogens is 1. The summed E-state index contributed by atoms with van der Waals surface area (Å²) in [7, 11) is 2.17. The Morgan fingerprint density at radius 1 is 1.40 bits per heavy atom. The van der Waals surface area contributed by atoms with Crippen LogP contribution < -0.4 is 0 Å². The molecule has 1 atom stereocenters. The second-order valence-corrected chi connectivity index (χ2v) is 5.81. The van der Waals surface area contributed by atoms with E-state index in [0.717, 1.165) is 47.7 Å². The Morgan fingerprint density at radius 3 is 2.70 bits per heavy atom. The fourth-order valence-electron chi connectivity index (χ4n) is 2.48. The van der Waals surface area contributed by atoms with Gasteiger partial charge in [-0.1, -0.05) is 6.92 Å². The number of nitrogens with one attached hydrogen (secondary N) is 1. The molecule has 2 heterocycles. The molecule has 0 fully saturated rings. The largest absolute Gasteiger partial charge is 0.328 e. The smallest absolute Gasteiger partial charge is 0.179 e. The van der Waals surface area contributed by atoms with E-state index in [9.17, 15) is 0 Å². The lowest BCUT2D eigenvalue weighted by molar-refractivity contribution is 0.242. The molecular formula is C14H25N5S. The summed E-state index contributed by atoms with van der Waals surface area (Å²) in [5.74, 6) is 0. The van der Waals surface area contributed by atoms with Gasteiger partial charge >= 0.3 is 0 Å². The van der Waals surface area contributed by atoms with E-state index in [4.69, 9.17) is 12.2 Å². The van der Waals surface area contributed by atoms with Gasteiger partial charge in [0.25, 0.3) is 0 Å². The Morgan fingerprint density at radius 2 is 2.10 bits per heavy atom. The van der Waals surface area contributed by atoms with Gasteiger partial charge in [0.05, 0.1) is 5.69 Å². The minimum absolute atomic E-state index is 0.594. The zero-order chi connectivity index (χ0) is 14.9. The number of nitrogens with zero attached hydrogens (tertiary/aromatic N) is 4. The lowest BCUT2D eigenvalue weighted by Gasteiger charge is -2.23. The first-order valence-electron chi connectivity index (χ1n) is 7.35. The summed E-state index contributed by atoms with van der Waals surface area (Å²) in [5, 5.41) is 4.55. The second kappa shape index (κ2) is 6.10. The van der Waals surface area contributed by atoms with Crippen LogP contribution in [0, 0.1) is 11.7 Å². The molecule has 0 aliphatic heterocycles. The molecule has 0 spiro atoms. The molecule has 112 valence electrons. The fourth-order valence-corrected chi connectivity index (χ4v) is 2.76. The van der Waals surface area contributed by atoms with Gasteiger partial charge in [0, 0.05) is 25.7 Å². The van der Waals surface area contributed by atoms with E-state index < -0.39 is 0 Å². The lowest BCUT2D eigenvalue weighted by atomic mass is 10.2. The number of hydrogen-bond donors (Lipinski definition) is 1. The van der Waals surface area contributed by atoms with Crippen molar-refractivity contribution in [2.75, 3.05) is 13.6 Å². The van der Waals surface area contributed by atoms with Crippen LogP contribution in [0.3, 0.4) is 0 Å². The van der Waals surface area contributed by atoms with Crippen molar-refractivity contribution in [3.8, 4) is 0 Å². The van der Waals surface area contributed by atoms with Crippen LogP contribution in [0.4, 0.5) is 0 Å². The second-order valence-electron chi connectivity index (χ2n) is 5.42. The van der Waals surface area contributed by atoms with Gasteiger partial charge in [-0.25, -0.2) is 4.68 Å². The van der Waals surface area contributed by atoms with E-state index in [0.29, 0.717) is 6.04 Å². The van der Waals surface area contributed by atoms with Gasteiger partial charge in [-0.15, -0.1) is 0 Å². The van der Waals surface area contributed by atoms with Crippen LogP contribution in [0.25, 0.3) is 11.2 Å². The fraction of sp³-hybridized carbons (Fsp3) is 0.714. The van der Waals surface area contributed by atoms with Crippen LogP contribution in [0.5, 0.6) is 0 Å². The van der Waals surface area contributed by atoms with Gasteiger partial charge in [0.1, 0.15) is 5.52 Å². The number of rotatable bonds is 6. The van der Waals surface area contributed by atoms with Crippen molar-refractivity contribution in [1.29, 1.82) is 0 Å². The topological polar surface area (TPSA) is 41.8 Å². The molecule has 1 N–H and O–H groups in total. The molecular weight excluding hydrogens is 270 g/mol. The summed E-state index contributed by atoms with van der Waals surface area (Å²) in [4.78, 5) is 5.67. The molecule has 2 aromatic heterocycles. The first-order valence-corrected chi connectivity index (χ1v) is 7.76. The van der Waals surface area contributed by atoms with E-state index in [1.807, 2.05) is 11.6 Å². The van der Waals surface area contributed by atoms with E-state index in [-0.39, 0.29) is 0 Å². The molecule has 2 rings (SSSR count). The molecule has 0 saturated heterocycles. The van der Waals surface area contributed by atoms with Crippen molar-refractivity contribution in [2.45, 2.75) is 53.2 Å². The summed E-state index contributed by atoms with van der Waals surface area (Å²) in [5.41, 5.74) is 3.21. The van der Waals surface area contributed by atoms with Crippen LogP contribution in [0.15, 0.2) is 0 Å². The van der Waals surface area contributed by atoms with Crippen molar-refractivity contribution in [3.05, 3.63) is 10.5 Å². The minimum Gasteiger partial charge on any atom is -0.328 e. The van der Waals surface area contributed by atoms with Gasteiger partial charge in [0.15, 0.2) is 10.4 Å². The average molecular weight is 295 g/mol. The number of hydrogen-bond acceptors (Lipinski definition) is 3. The summed E-state index contributed by atoms with van der Waals surface area (Å²) in [6.45, 7) is 11.4. The van der Waals surface area contributed by atoms with Gasteiger partial charge in [-0.3, -0.25) is 0 Å². The first-order chi connectivity index (χ1) is 9.49. The summed E-state index contributed by atoms with van der Waals surface area (Å²) < 4.78 is 4.99. The monoisotopic (exact) mass is 295 g/mol. The number of imidazole rings is 1. The maximum atomic E-state index is 5.47. The van der Waals surface area contributed by atoms with Crippen molar-refractivity contribution < 1.29 is 0 Å². The predicted molar refractivity (Wildman–Crippen MR) is 85.7 cm³/mol. The number of aromatic amines is 1. The maximum absolute atomic E-state index is 5.47. The standard InChI is InChI=1S/C14H25N5S/c1-6-10(3)17(5)8-9-18-13-12(15-14(18)20)11(4)16-19(13)7-2/h10H,6-9H2,1-5H3,(H,15,20). The van der Waals surface area contributed by atoms with Crippen LogP contribution in [-0.4, -0.2) is 43.9 Å². The number of aryl methyl sites for hydroxylation is 2. The highest BCUT2D eigenvalue weighted by Crippen LogP contribution is 2.18. The van der Waals surface area contributed by atoms with Crippen molar-refractivity contribution in [1.82, 2.24) is 24.2 Å². The average Bonchev–Trinajstić information content (AvgIpc) is 2.92. The molecule has 0 aromatic carbocycles. The summed E-state index contributed by atoms with van der Waals surface area (Å²) in [6, 6.07) is 0.594. The number of likely N-dealkylation sites (N-methyl/N-ethyl adjacent to an activating group) is 1. The number of aromatic nitrogens is 4. The Hall–Kier alpha value is -1.14. The zero-order valence-electron chi connectivity index (χ0n) is 13.1. The Bertz CT molecular complexity index is 636. The third-order valence-corrected chi connectivity index (χ3v) is 4.47. The zero-order valence-corrected chi connectivity index (χ0v) is 13.9. The normalized spacial score (nSPS) is 13.5. The van der Waals surface area contributed by atoms with E-state index >= 15 is 0 Å². The van der Waals surface area contributed by atoms with Crippen LogP contribution >= 0.6 is 12.2 Å². The highest BCUT2D eigenvalue weighted by Gasteiger charge is 2.14. The van der Waals surface area contributed by atoms with Crippen molar-refractivity contribution in [2.24, 2.45) is 0 Å². The molecule has 0 radical (unpaired) electrons. The Kier molecular flexibility index (Phi) is 4.65. The molecule has 20 heavy (non-hydrogen) atoms. The molecule has 6 heteroatoms. The van der Waals surface area contributed by atoms with E-state index in [1.54, 1.807) is 0 Å². The molecule has 5 nitrogen and oxygen atoms in total. The van der Waals surface area contributed by atoms with Gasteiger partial charge in [-0.05, 0) is 46.5 Å². The van der Waals surface area contributed by atoms with E-state index in [1.165, 1.54) is 0 Å². The molecule has 0 aliphatic carbocycles. The molecule has 1 unspecified atom stereocenters. The molecule has 2 aromatic rings. The van der Waals surface area contributed by atoms with Gasteiger partial charge in [0.2, 0.25) is 0 Å². The van der Waals surface area contributed by atoms with Crippen molar-refractivity contribution in [3.63, 3.8) is 0 Å². The third-order valence-electron chi connectivity index (χ3n) is 4.15. The van der Waals surface area contributed by atoms with Crippen LogP contribution in [0.2, 0.25) is 0 Å². The minimum atomic E-state index is 0.594. The summed E-state index contributed by atoms with van der Waals surface area (Å²) >= 11 is 5.47. The highest BCUT2D eigenvalue weighted by atomic mass is 32.1. The van der Waals surface area contributed by atoms with Crippen LogP contribution in [-0.2, 0) is 13.1 Å². The molecule has 0 aliphatic rings. The summed E-state index contributed by atoms with van der Waals surface area (Å²) in [6.07, 6.45) is 1.16. The molecule has 0 saturated carbocycles. The molecule has 0 amide bonds. The third kappa shape index (κ3) is 2.67. The maximum Gasteiger partial charge on any atom is 0.179 e. The highest BCUT2D eigenvalue weighted by molar-refractivity contribution is 7.71. The lowest BCUT2D eigenvalue weighted by Crippen LogP contribution is -2.31. The number of fused-ring (bicyclic) bond motifs is 1. The van der Waals surface area contributed by atoms with Gasteiger partial charge < -0.3 is 14.5 Å². The Balaban J connectivity index is 2.30. The SMILES string of the molecule is CCC(C)N(C)CCn1c(=S)[nH]c2c(C)nn(CC)c21. The van der Waals surface area contributed by atoms with Crippen LogP contribution in [0.1, 0.15) is 32.9 Å². The Labute approximate surface area is 125 Å². The molecule has 0 bridgehead atoms. The predicted octanol–water partition coefficient (Wildman–Crippen LogP) is 2.95. The van der Waals surface area contributed by atoms with Crippen molar-refractivity contribution >= 4 is 23.4 Å².